The van der Waals surface area contributed by atoms with Gasteiger partial charge in [-0.05, 0) is 25.7 Å². The van der Waals surface area contributed by atoms with Gasteiger partial charge in [-0.2, -0.15) is 0 Å². The Hall–Kier alpha value is -1.72. The molecule has 0 spiro atoms. The summed E-state index contributed by atoms with van der Waals surface area (Å²) in [7, 11) is 0. The van der Waals surface area contributed by atoms with E-state index in [1.165, 1.54) is 13.3 Å². The molecule has 1 aliphatic rings. The Morgan fingerprint density at radius 3 is 2.95 bits per heavy atom. The van der Waals surface area contributed by atoms with Crippen molar-refractivity contribution in [2.75, 3.05) is 5.32 Å². The SMILES string of the molecule is Cc1ncnc(NC2(C(=O)O)CCCC(C)C2)c1F. The molecule has 0 aromatic carbocycles. The molecule has 1 saturated carbocycles. The van der Waals surface area contributed by atoms with E-state index in [1.54, 1.807) is 0 Å². The Labute approximate surface area is 111 Å². The maximum atomic E-state index is 13.9. The van der Waals surface area contributed by atoms with Crippen LogP contribution in [-0.2, 0) is 4.79 Å². The second kappa shape index (κ2) is 5.11. The molecule has 2 rings (SSSR count). The molecule has 1 aromatic rings. The molecule has 0 saturated heterocycles. The number of nitrogens with one attached hydrogen (secondary N) is 1. The quantitative estimate of drug-likeness (QED) is 0.879. The molecule has 1 heterocycles. The summed E-state index contributed by atoms with van der Waals surface area (Å²) in [6.45, 7) is 3.54. The summed E-state index contributed by atoms with van der Waals surface area (Å²) in [4.78, 5) is 19.2. The van der Waals surface area contributed by atoms with Crippen LogP contribution in [0.3, 0.4) is 0 Å². The van der Waals surface area contributed by atoms with Crippen LogP contribution in [0.15, 0.2) is 6.33 Å². The molecule has 0 aliphatic heterocycles. The first-order valence-corrected chi connectivity index (χ1v) is 6.43. The van der Waals surface area contributed by atoms with Crippen LogP contribution in [0, 0.1) is 18.7 Å². The second-order valence-electron chi connectivity index (χ2n) is 5.34. The minimum atomic E-state index is -1.13. The van der Waals surface area contributed by atoms with Crippen molar-refractivity contribution < 1.29 is 14.3 Å². The van der Waals surface area contributed by atoms with Gasteiger partial charge in [0.2, 0.25) is 0 Å². The lowest BCUT2D eigenvalue weighted by Crippen LogP contribution is -2.50. The van der Waals surface area contributed by atoms with Crippen molar-refractivity contribution in [1.82, 2.24) is 9.97 Å². The Bertz CT molecular complexity index is 495. The number of hydrogen-bond donors (Lipinski definition) is 2. The van der Waals surface area contributed by atoms with Crippen molar-refractivity contribution in [3.8, 4) is 0 Å². The first-order chi connectivity index (χ1) is 8.94. The van der Waals surface area contributed by atoms with Crippen molar-refractivity contribution in [3.05, 3.63) is 17.8 Å². The number of rotatable bonds is 3. The minimum absolute atomic E-state index is 0.0241. The summed E-state index contributed by atoms with van der Waals surface area (Å²) in [6.07, 6.45) is 4.01. The molecule has 0 radical (unpaired) electrons. The van der Waals surface area contributed by atoms with Gasteiger partial charge in [0, 0.05) is 0 Å². The number of carboxylic acids is 1. The van der Waals surface area contributed by atoms with Gasteiger partial charge in [-0.1, -0.05) is 19.8 Å². The highest BCUT2D eigenvalue weighted by molar-refractivity contribution is 5.82. The lowest BCUT2D eigenvalue weighted by atomic mass is 9.76. The van der Waals surface area contributed by atoms with Crippen LogP contribution in [-0.4, -0.2) is 26.6 Å². The highest BCUT2D eigenvalue weighted by Gasteiger charge is 2.42. The van der Waals surface area contributed by atoms with E-state index in [4.69, 9.17) is 0 Å². The monoisotopic (exact) mass is 267 g/mol. The van der Waals surface area contributed by atoms with Crippen LogP contribution in [0.1, 0.15) is 38.3 Å². The van der Waals surface area contributed by atoms with Crippen LogP contribution in [0.4, 0.5) is 10.2 Å². The predicted molar refractivity (Wildman–Crippen MR) is 68.3 cm³/mol. The minimum Gasteiger partial charge on any atom is -0.480 e. The van der Waals surface area contributed by atoms with Crippen molar-refractivity contribution in [1.29, 1.82) is 0 Å². The molecule has 0 amide bonds. The molecular weight excluding hydrogens is 249 g/mol. The van der Waals surface area contributed by atoms with Crippen LogP contribution in [0.5, 0.6) is 0 Å². The number of aliphatic carboxylic acids is 1. The van der Waals surface area contributed by atoms with Gasteiger partial charge in [-0.3, -0.25) is 0 Å². The lowest BCUT2D eigenvalue weighted by Gasteiger charge is -2.37. The number of carbonyl (C=O) groups is 1. The van der Waals surface area contributed by atoms with Gasteiger partial charge in [-0.15, -0.1) is 0 Å². The molecule has 0 bridgehead atoms. The maximum absolute atomic E-state index is 13.9. The zero-order chi connectivity index (χ0) is 14.0. The Kier molecular flexibility index (Phi) is 3.68. The van der Waals surface area contributed by atoms with Crippen molar-refractivity contribution >= 4 is 11.8 Å². The van der Waals surface area contributed by atoms with Gasteiger partial charge in [0.25, 0.3) is 0 Å². The molecule has 104 valence electrons. The van der Waals surface area contributed by atoms with Crippen molar-refractivity contribution in [2.45, 2.75) is 45.1 Å². The largest absolute Gasteiger partial charge is 0.480 e. The first-order valence-electron chi connectivity index (χ1n) is 6.43. The number of anilines is 1. The number of halogens is 1. The summed E-state index contributed by atoms with van der Waals surface area (Å²) in [5.74, 6) is -1.26. The zero-order valence-electron chi connectivity index (χ0n) is 11.1. The number of aromatic nitrogens is 2. The van der Waals surface area contributed by atoms with E-state index in [1.807, 2.05) is 6.92 Å². The first kappa shape index (κ1) is 13.7. The molecule has 19 heavy (non-hydrogen) atoms. The van der Waals surface area contributed by atoms with Gasteiger partial charge in [0.15, 0.2) is 11.6 Å². The fourth-order valence-electron chi connectivity index (χ4n) is 2.68. The third kappa shape index (κ3) is 2.67. The fourth-order valence-corrected chi connectivity index (χ4v) is 2.68. The molecular formula is C13H18FN3O2. The van der Waals surface area contributed by atoms with Gasteiger partial charge >= 0.3 is 5.97 Å². The number of hydrogen-bond acceptors (Lipinski definition) is 4. The number of aryl methyl sites for hydroxylation is 1. The summed E-state index contributed by atoms with van der Waals surface area (Å²) in [5.41, 5.74) is -0.916. The predicted octanol–water partition coefficient (Wildman–Crippen LogP) is 2.37. The second-order valence-corrected chi connectivity index (χ2v) is 5.34. The topological polar surface area (TPSA) is 75.1 Å². The maximum Gasteiger partial charge on any atom is 0.329 e. The van der Waals surface area contributed by atoms with Gasteiger partial charge in [0.1, 0.15) is 11.9 Å². The van der Waals surface area contributed by atoms with E-state index < -0.39 is 17.3 Å². The smallest absolute Gasteiger partial charge is 0.329 e. The van der Waals surface area contributed by atoms with E-state index in [0.29, 0.717) is 18.8 Å². The van der Waals surface area contributed by atoms with Crippen molar-refractivity contribution in [3.63, 3.8) is 0 Å². The molecule has 2 unspecified atom stereocenters. The highest BCUT2D eigenvalue weighted by Crippen LogP contribution is 2.35. The Morgan fingerprint density at radius 2 is 2.32 bits per heavy atom. The Balaban J connectivity index is 2.31. The van der Waals surface area contributed by atoms with Gasteiger partial charge in [0.05, 0.1) is 5.69 Å². The fraction of sp³-hybridized carbons (Fsp3) is 0.615. The summed E-state index contributed by atoms with van der Waals surface area (Å²) < 4.78 is 13.9. The van der Waals surface area contributed by atoms with Crippen LogP contribution >= 0.6 is 0 Å². The molecule has 1 fully saturated rings. The van der Waals surface area contributed by atoms with E-state index in [2.05, 4.69) is 15.3 Å². The van der Waals surface area contributed by atoms with Crippen LogP contribution in [0.2, 0.25) is 0 Å². The lowest BCUT2D eigenvalue weighted by molar-refractivity contribution is -0.144. The Morgan fingerprint density at radius 1 is 1.58 bits per heavy atom. The van der Waals surface area contributed by atoms with Gasteiger partial charge < -0.3 is 10.4 Å². The third-order valence-corrected chi connectivity index (χ3v) is 3.73. The van der Waals surface area contributed by atoms with E-state index in [0.717, 1.165) is 12.8 Å². The number of nitrogens with zero attached hydrogens (tertiary/aromatic N) is 2. The van der Waals surface area contributed by atoms with E-state index in [9.17, 15) is 14.3 Å². The van der Waals surface area contributed by atoms with Gasteiger partial charge in [-0.25, -0.2) is 19.2 Å². The summed E-state index contributed by atoms with van der Waals surface area (Å²) in [6, 6.07) is 0. The summed E-state index contributed by atoms with van der Waals surface area (Å²) in [5, 5.41) is 12.3. The van der Waals surface area contributed by atoms with E-state index >= 15 is 0 Å². The normalized spacial score (nSPS) is 27.0. The molecule has 1 aromatic heterocycles. The molecule has 6 heteroatoms. The molecule has 2 N–H and O–H groups in total. The van der Waals surface area contributed by atoms with Crippen LogP contribution < -0.4 is 5.32 Å². The number of carboxylic acid groups (broad SMARTS) is 1. The highest BCUT2D eigenvalue weighted by atomic mass is 19.1. The van der Waals surface area contributed by atoms with Crippen LogP contribution in [0.25, 0.3) is 0 Å². The molecule has 5 nitrogen and oxygen atoms in total. The molecule has 1 aliphatic carbocycles. The third-order valence-electron chi connectivity index (χ3n) is 3.73. The van der Waals surface area contributed by atoms with Crippen molar-refractivity contribution in [2.24, 2.45) is 5.92 Å². The van der Waals surface area contributed by atoms with E-state index in [-0.39, 0.29) is 11.5 Å². The standard InChI is InChI=1S/C13H18FN3O2/c1-8-4-3-5-13(6-8,12(18)19)17-11-10(14)9(2)15-7-16-11/h7-8H,3-6H2,1-2H3,(H,18,19)(H,15,16,17). The average Bonchev–Trinajstić information content (AvgIpc) is 2.35. The zero-order valence-corrected chi connectivity index (χ0v) is 11.1. The summed E-state index contributed by atoms with van der Waals surface area (Å²) >= 11 is 0. The average molecular weight is 267 g/mol. The molecule has 2 atom stereocenters.